The van der Waals surface area contributed by atoms with Crippen molar-refractivity contribution in [3.63, 3.8) is 0 Å². The third kappa shape index (κ3) is 3.68. The lowest BCUT2D eigenvalue weighted by Crippen LogP contribution is -2.11. The molecule has 3 N–H and O–H groups in total. The van der Waals surface area contributed by atoms with Gasteiger partial charge in [0.25, 0.3) is 0 Å². The lowest BCUT2D eigenvalue weighted by molar-refractivity contribution is 0.311. The zero-order chi connectivity index (χ0) is 8.74. The van der Waals surface area contributed by atoms with Crippen molar-refractivity contribution in [3.8, 4) is 0 Å². The van der Waals surface area contributed by atoms with Gasteiger partial charge in [0.15, 0.2) is 19.0 Å². The van der Waals surface area contributed by atoms with E-state index < -0.39 is 7.26 Å². The number of aliphatic hydroxyl groups excluding tert-OH is 3. The topological polar surface area (TPSA) is 60.7 Å². The van der Waals surface area contributed by atoms with Gasteiger partial charge in [0.2, 0.25) is 0 Å². The van der Waals surface area contributed by atoms with Crippen molar-refractivity contribution in [1.82, 2.24) is 0 Å². The van der Waals surface area contributed by atoms with E-state index in [2.05, 4.69) is 0 Å². The maximum atomic E-state index is 8.89. The molecule has 0 saturated heterocycles. The van der Waals surface area contributed by atoms with E-state index in [1.54, 1.807) is 0 Å². The highest BCUT2D eigenvalue weighted by atomic mass is 35.5. The Morgan fingerprint density at radius 3 is 1.73 bits per heavy atom. The molecule has 0 radical (unpaired) electrons. The molecule has 0 rings (SSSR count). The largest absolute Gasteiger partial charge is 0.362 e. The Morgan fingerprint density at radius 2 is 1.45 bits per heavy atom. The van der Waals surface area contributed by atoms with E-state index in [0.29, 0.717) is 12.0 Å². The molecule has 0 aromatic carbocycles. The Bertz CT molecular complexity index is 89.6. The maximum Gasteiger partial charge on any atom is 0.158 e. The minimum Gasteiger partial charge on any atom is -0.362 e. The Morgan fingerprint density at radius 1 is 1.00 bits per heavy atom. The molecule has 68 valence electrons. The highest BCUT2D eigenvalue weighted by molar-refractivity contribution is 7.75. The van der Waals surface area contributed by atoms with Crippen LogP contribution in [0.4, 0.5) is 0 Å². The van der Waals surface area contributed by atoms with Crippen molar-refractivity contribution >= 4 is 18.9 Å². The van der Waals surface area contributed by atoms with Crippen molar-refractivity contribution in [1.29, 1.82) is 0 Å². The quantitative estimate of drug-likeness (QED) is 0.433. The van der Waals surface area contributed by atoms with E-state index in [9.17, 15) is 0 Å². The summed E-state index contributed by atoms with van der Waals surface area (Å²) in [5, 5.41) is 26.7. The zero-order valence-corrected chi connectivity index (χ0v) is 8.06. The molecule has 0 aromatic rings. The third-order valence-corrected chi connectivity index (χ3v) is 5.00. The first-order valence-electron chi connectivity index (χ1n) is 3.48. The van der Waals surface area contributed by atoms with E-state index in [0.717, 1.165) is 6.42 Å². The fourth-order valence-electron chi connectivity index (χ4n) is 0.741. The number of alkyl halides is 1. The summed E-state index contributed by atoms with van der Waals surface area (Å²) >= 11 is 5.45. The fraction of sp³-hybridized carbons (Fsp3) is 1.00. The first-order chi connectivity index (χ1) is 5.24. The van der Waals surface area contributed by atoms with Crippen LogP contribution in [0, 0.1) is 0 Å². The van der Waals surface area contributed by atoms with Crippen LogP contribution in [-0.4, -0.2) is 46.4 Å². The van der Waals surface area contributed by atoms with Crippen LogP contribution in [0.3, 0.4) is 0 Å². The molecule has 0 bridgehead atoms. The first-order valence-corrected chi connectivity index (χ1v) is 6.55. The van der Waals surface area contributed by atoms with Gasteiger partial charge in [-0.1, -0.05) is 0 Å². The van der Waals surface area contributed by atoms with Crippen molar-refractivity contribution in [2.24, 2.45) is 0 Å². The van der Waals surface area contributed by atoms with Crippen molar-refractivity contribution < 1.29 is 15.3 Å². The highest BCUT2D eigenvalue weighted by Gasteiger charge is 2.34. The first kappa shape index (κ1) is 11.6. The highest BCUT2D eigenvalue weighted by Crippen LogP contribution is 2.56. The molecule has 0 fully saturated rings. The number of aliphatic hydroxyl groups is 3. The fourth-order valence-corrected chi connectivity index (χ4v) is 2.58. The van der Waals surface area contributed by atoms with E-state index >= 15 is 0 Å². The average molecular weight is 202 g/mol. The number of hydrogen-bond donors (Lipinski definition) is 3. The molecule has 0 amide bonds. The van der Waals surface area contributed by atoms with Crippen LogP contribution in [0.25, 0.3) is 0 Å². The van der Waals surface area contributed by atoms with Crippen LogP contribution in [0.15, 0.2) is 0 Å². The lowest BCUT2D eigenvalue weighted by Gasteiger charge is -2.19. The van der Waals surface area contributed by atoms with Gasteiger partial charge in [-0.2, -0.15) is 0 Å². The van der Waals surface area contributed by atoms with Gasteiger partial charge in [-0.05, 0) is 6.42 Å². The molecule has 0 atom stereocenters. The van der Waals surface area contributed by atoms with Gasteiger partial charge in [-0.3, -0.25) is 0 Å². The summed E-state index contributed by atoms with van der Waals surface area (Å²) in [6.45, 7) is 0. The number of halogens is 1. The van der Waals surface area contributed by atoms with Crippen LogP contribution < -0.4 is 0 Å². The molecule has 0 heterocycles. The molecule has 0 aliphatic carbocycles. The minimum atomic E-state index is -1.87. The Balaban J connectivity index is 3.84. The summed E-state index contributed by atoms with van der Waals surface area (Å²) in [4.78, 5) is 0. The van der Waals surface area contributed by atoms with Gasteiger partial charge in [-0.25, -0.2) is 0 Å². The second-order valence-corrected chi connectivity index (χ2v) is 6.89. The minimum absolute atomic E-state index is 0.0864. The van der Waals surface area contributed by atoms with Crippen LogP contribution >= 0.6 is 18.9 Å². The molecule has 3 nitrogen and oxygen atoms in total. The number of rotatable bonds is 6. The molecule has 0 saturated carbocycles. The van der Waals surface area contributed by atoms with Gasteiger partial charge in [0.1, 0.15) is 0 Å². The second-order valence-electron chi connectivity index (χ2n) is 2.53. The van der Waals surface area contributed by atoms with E-state index in [4.69, 9.17) is 26.9 Å². The van der Waals surface area contributed by atoms with Gasteiger partial charge in [0.05, 0.1) is 13.4 Å². The summed E-state index contributed by atoms with van der Waals surface area (Å²) in [5.41, 5.74) is 0. The predicted molar refractivity (Wildman–Crippen MR) is 48.4 cm³/mol. The Hall–Kier alpha value is 0.600. The molecule has 11 heavy (non-hydrogen) atoms. The Kier molecular flexibility index (Phi) is 6.49. The van der Waals surface area contributed by atoms with Crippen LogP contribution in [-0.2, 0) is 0 Å². The molecular formula is C6H15ClO3P+. The lowest BCUT2D eigenvalue weighted by atomic mass is 10.6. The Labute approximate surface area is 72.3 Å². The van der Waals surface area contributed by atoms with E-state index in [1.165, 1.54) is 0 Å². The average Bonchev–Trinajstić information content (AvgIpc) is 2.08. The van der Waals surface area contributed by atoms with Gasteiger partial charge >= 0.3 is 0 Å². The summed E-state index contributed by atoms with van der Waals surface area (Å²) in [6.07, 6.45) is 1.15. The van der Waals surface area contributed by atoms with Gasteiger partial charge < -0.3 is 15.3 Å². The van der Waals surface area contributed by atoms with Crippen LogP contribution in [0.5, 0.6) is 0 Å². The van der Waals surface area contributed by atoms with E-state index in [-0.39, 0.29) is 19.0 Å². The van der Waals surface area contributed by atoms with Gasteiger partial charge in [0, 0.05) is 5.88 Å². The number of hydrogen-bond acceptors (Lipinski definition) is 3. The summed E-state index contributed by atoms with van der Waals surface area (Å²) < 4.78 is 0. The molecule has 0 unspecified atom stereocenters. The van der Waals surface area contributed by atoms with Crippen LogP contribution in [0.1, 0.15) is 6.42 Å². The zero-order valence-electron chi connectivity index (χ0n) is 6.41. The SMILES string of the molecule is OC[P+](CO)(CO)CCCCl. The molecule has 5 heteroatoms. The van der Waals surface area contributed by atoms with E-state index in [1.807, 2.05) is 0 Å². The molecule has 0 aromatic heterocycles. The second kappa shape index (κ2) is 6.15. The summed E-state index contributed by atoms with van der Waals surface area (Å²) in [6, 6.07) is 0. The summed E-state index contributed by atoms with van der Waals surface area (Å²) in [5.74, 6) is 0.516. The van der Waals surface area contributed by atoms with Crippen molar-refractivity contribution in [2.75, 3.05) is 31.1 Å². The van der Waals surface area contributed by atoms with Crippen molar-refractivity contribution in [2.45, 2.75) is 6.42 Å². The third-order valence-electron chi connectivity index (χ3n) is 1.67. The van der Waals surface area contributed by atoms with Crippen LogP contribution in [0.2, 0.25) is 0 Å². The monoisotopic (exact) mass is 201 g/mol. The molecular weight excluding hydrogens is 186 g/mol. The van der Waals surface area contributed by atoms with Crippen molar-refractivity contribution in [3.05, 3.63) is 0 Å². The van der Waals surface area contributed by atoms with Gasteiger partial charge in [-0.15, -0.1) is 11.6 Å². The summed E-state index contributed by atoms with van der Waals surface area (Å²) in [7, 11) is -1.87. The maximum absolute atomic E-state index is 8.89. The normalized spacial score (nSPS) is 12.0. The molecule has 0 spiro atoms. The smallest absolute Gasteiger partial charge is 0.158 e. The standard InChI is InChI=1S/C6H15ClO3P/c7-2-1-3-11(4-8,5-9)6-10/h8-10H,1-6H2/q+1. The predicted octanol–water partition coefficient (Wildman–Crippen LogP) is 0.482. The molecule has 0 aliphatic heterocycles. The molecule has 0 aliphatic rings.